The molecule has 0 unspecified atom stereocenters. The number of rotatable bonds is 4. The Morgan fingerprint density at radius 2 is 1.32 bits per heavy atom. The van der Waals surface area contributed by atoms with Crippen molar-refractivity contribution in [2.75, 3.05) is 5.32 Å². The van der Waals surface area contributed by atoms with Crippen LogP contribution in [0, 0.1) is 0 Å². The molecule has 0 aliphatic heterocycles. The van der Waals surface area contributed by atoms with Crippen molar-refractivity contribution in [2.45, 2.75) is 6.92 Å². The molecule has 2 N–H and O–H groups in total. The molecule has 3 nitrogen and oxygen atoms in total. The van der Waals surface area contributed by atoms with Crippen LogP contribution in [0.4, 0.5) is 5.69 Å². The first-order valence-corrected chi connectivity index (χ1v) is 8.45. The first-order chi connectivity index (χ1) is 12.2. The molecule has 0 heterocycles. The highest BCUT2D eigenvalue weighted by Gasteiger charge is 2.01. The maximum atomic E-state index is 5.26. The van der Waals surface area contributed by atoms with Crippen LogP contribution in [0.15, 0.2) is 90.0 Å². The predicted molar refractivity (Wildman–Crippen MR) is 110 cm³/mol. The van der Waals surface area contributed by atoms with Gasteiger partial charge in [-0.25, -0.2) is 0 Å². The van der Waals surface area contributed by atoms with Crippen molar-refractivity contribution >= 4 is 28.7 Å². The molecule has 3 aromatic rings. The van der Waals surface area contributed by atoms with Crippen LogP contribution >= 0.6 is 12.2 Å². The highest BCUT2D eigenvalue weighted by atomic mass is 32.1. The van der Waals surface area contributed by atoms with E-state index in [1.807, 2.05) is 55.5 Å². The van der Waals surface area contributed by atoms with Gasteiger partial charge in [0, 0.05) is 5.69 Å². The van der Waals surface area contributed by atoms with Gasteiger partial charge in [-0.3, -0.25) is 5.43 Å². The van der Waals surface area contributed by atoms with Gasteiger partial charge >= 0.3 is 0 Å². The van der Waals surface area contributed by atoms with Crippen LogP contribution in [0.5, 0.6) is 0 Å². The molecule has 0 saturated carbocycles. The third kappa shape index (κ3) is 4.75. The number of hydrazone groups is 1. The Labute approximate surface area is 153 Å². The zero-order valence-electron chi connectivity index (χ0n) is 13.9. The summed E-state index contributed by atoms with van der Waals surface area (Å²) in [6.07, 6.45) is 0. The van der Waals surface area contributed by atoms with Gasteiger partial charge < -0.3 is 5.32 Å². The van der Waals surface area contributed by atoms with E-state index in [1.54, 1.807) is 0 Å². The number of anilines is 1. The SMILES string of the molecule is C/C(=N\NC(=S)Nc1ccccc1)c1ccc(-c2ccccc2)cc1. The molecule has 25 heavy (non-hydrogen) atoms. The van der Waals surface area contributed by atoms with Crippen LogP contribution in [0.2, 0.25) is 0 Å². The summed E-state index contributed by atoms with van der Waals surface area (Å²) in [5.41, 5.74) is 8.13. The molecule has 0 bridgehead atoms. The van der Waals surface area contributed by atoms with Gasteiger partial charge in [0.2, 0.25) is 0 Å². The molecule has 124 valence electrons. The molecule has 0 amide bonds. The minimum atomic E-state index is 0.464. The van der Waals surface area contributed by atoms with Gasteiger partial charge in [-0.2, -0.15) is 5.10 Å². The minimum Gasteiger partial charge on any atom is -0.331 e. The van der Waals surface area contributed by atoms with Crippen LogP contribution in [0.3, 0.4) is 0 Å². The Bertz CT molecular complexity index is 857. The van der Waals surface area contributed by atoms with Crippen molar-refractivity contribution in [3.63, 3.8) is 0 Å². The number of benzene rings is 3. The number of para-hydroxylation sites is 1. The molecule has 0 aromatic heterocycles. The van der Waals surface area contributed by atoms with Crippen molar-refractivity contribution in [1.82, 2.24) is 5.43 Å². The molecule has 0 aliphatic carbocycles. The zero-order valence-corrected chi connectivity index (χ0v) is 14.8. The Balaban J connectivity index is 1.63. The van der Waals surface area contributed by atoms with Crippen molar-refractivity contribution in [3.05, 3.63) is 90.5 Å². The molecular weight excluding hydrogens is 326 g/mol. The van der Waals surface area contributed by atoms with Crippen LogP contribution in [-0.4, -0.2) is 10.8 Å². The molecular formula is C21H19N3S. The van der Waals surface area contributed by atoms with Crippen LogP contribution in [0.1, 0.15) is 12.5 Å². The lowest BCUT2D eigenvalue weighted by Gasteiger charge is -2.08. The van der Waals surface area contributed by atoms with Crippen LogP contribution < -0.4 is 10.7 Å². The molecule has 0 aliphatic rings. The summed E-state index contributed by atoms with van der Waals surface area (Å²) < 4.78 is 0. The summed E-state index contributed by atoms with van der Waals surface area (Å²) >= 11 is 5.26. The lowest BCUT2D eigenvalue weighted by molar-refractivity contribution is 1.04. The van der Waals surface area contributed by atoms with Gasteiger partial charge in [-0.05, 0) is 48.0 Å². The third-order valence-electron chi connectivity index (χ3n) is 3.77. The van der Waals surface area contributed by atoms with Crippen molar-refractivity contribution in [1.29, 1.82) is 0 Å². The maximum Gasteiger partial charge on any atom is 0.191 e. The summed E-state index contributed by atoms with van der Waals surface area (Å²) in [5, 5.41) is 7.91. The van der Waals surface area contributed by atoms with E-state index in [0.29, 0.717) is 5.11 Å². The van der Waals surface area contributed by atoms with E-state index >= 15 is 0 Å². The van der Waals surface area contributed by atoms with E-state index in [4.69, 9.17) is 12.2 Å². The van der Waals surface area contributed by atoms with Crippen molar-refractivity contribution in [2.24, 2.45) is 5.10 Å². The fraction of sp³-hybridized carbons (Fsp3) is 0.0476. The van der Waals surface area contributed by atoms with Crippen molar-refractivity contribution < 1.29 is 0 Å². The van der Waals surface area contributed by atoms with E-state index in [-0.39, 0.29) is 0 Å². The number of nitrogens with one attached hydrogen (secondary N) is 2. The summed E-state index contributed by atoms with van der Waals surface area (Å²) in [7, 11) is 0. The van der Waals surface area contributed by atoms with Gasteiger partial charge in [0.1, 0.15) is 0 Å². The summed E-state index contributed by atoms with van der Waals surface area (Å²) in [6.45, 7) is 1.95. The summed E-state index contributed by atoms with van der Waals surface area (Å²) in [6, 6.07) is 28.4. The highest BCUT2D eigenvalue weighted by Crippen LogP contribution is 2.19. The molecule has 0 saturated heterocycles. The molecule has 0 radical (unpaired) electrons. The highest BCUT2D eigenvalue weighted by molar-refractivity contribution is 7.80. The fourth-order valence-corrected chi connectivity index (χ4v) is 2.58. The quantitative estimate of drug-likeness (QED) is 0.394. The standard InChI is InChI=1S/C21H19N3S/c1-16(23-24-21(25)22-20-10-6-3-7-11-20)17-12-14-19(15-13-17)18-8-4-2-5-9-18/h2-15H,1H3,(H2,22,24,25)/b23-16+. The maximum absolute atomic E-state index is 5.26. The van der Waals surface area contributed by atoms with Crippen molar-refractivity contribution in [3.8, 4) is 11.1 Å². The first kappa shape index (κ1) is 16.9. The second-order valence-corrected chi connectivity index (χ2v) is 5.98. The number of hydrogen-bond acceptors (Lipinski definition) is 2. The van der Waals surface area contributed by atoms with Gasteiger partial charge in [0.05, 0.1) is 5.71 Å². The topological polar surface area (TPSA) is 36.4 Å². The molecule has 4 heteroatoms. The fourth-order valence-electron chi connectivity index (χ4n) is 2.41. The second kappa shape index (κ2) is 8.22. The third-order valence-corrected chi connectivity index (χ3v) is 3.96. The Morgan fingerprint density at radius 1 is 0.760 bits per heavy atom. The molecule has 0 spiro atoms. The van der Waals surface area contributed by atoms with E-state index in [1.165, 1.54) is 11.1 Å². The Morgan fingerprint density at radius 3 is 1.96 bits per heavy atom. The first-order valence-electron chi connectivity index (χ1n) is 8.04. The van der Waals surface area contributed by atoms with Crippen LogP contribution in [0.25, 0.3) is 11.1 Å². The van der Waals surface area contributed by atoms with Gasteiger partial charge in [0.15, 0.2) is 5.11 Å². The number of nitrogens with zero attached hydrogens (tertiary/aromatic N) is 1. The minimum absolute atomic E-state index is 0.464. The van der Waals surface area contributed by atoms with E-state index < -0.39 is 0 Å². The Kier molecular flexibility index (Phi) is 5.54. The van der Waals surface area contributed by atoms with E-state index in [9.17, 15) is 0 Å². The lowest BCUT2D eigenvalue weighted by atomic mass is 10.0. The summed E-state index contributed by atoms with van der Waals surface area (Å²) in [5.74, 6) is 0. The molecule has 3 rings (SSSR count). The average Bonchev–Trinajstić information content (AvgIpc) is 2.68. The van der Waals surface area contributed by atoms with E-state index in [0.717, 1.165) is 17.0 Å². The van der Waals surface area contributed by atoms with Gasteiger partial charge in [-0.1, -0.05) is 72.8 Å². The van der Waals surface area contributed by atoms with E-state index in [2.05, 4.69) is 52.2 Å². The smallest absolute Gasteiger partial charge is 0.191 e. The van der Waals surface area contributed by atoms with Crippen LogP contribution in [-0.2, 0) is 0 Å². The lowest BCUT2D eigenvalue weighted by Crippen LogP contribution is -2.24. The Hall–Kier alpha value is -2.98. The number of hydrogen-bond donors (Lipinski definition) is 2. The molecule has 0 atom stereocenters. The largest absolute Gasteiger partial charge is 0.331 e. The molecule has 0 fully saturated rings. The second-order valence-electron chi connectivity index (χ2n) is 5.57. The normalized spacial score (nSPS) is 11.0. The predicted octanol–water partition coefficient (Wildman–Crippen LogP) is 5.06. The average molecular weight is 345 g/mol. The summed E-state index contributed by atoms with van der Waals surface area (Å²) in [4.78, 5) is 0. The van der Waals surface area contributed by atoms with Gasteiger partial charge in [0.25, 0.3) is 0 Å². The molecule has 3 aromatic carbocycles. The zero-order chi connectivity index (χ0) is 17.5. The monoisotopic (exact) mass is 345 g/mol. The number of thiocarbonyl (C=S) groups is 1. The van der Waals surface area contributed by atoms with Gasteiger partial charge in [-0.15, -0.1) is 0 Å².